The summed E-state index contributed by atoms with van der Waals surface area (Å²) in [7, 11) is 0. The summed E-state index contributed by atoms with van der Waals surface area (Å²) in [6.45, 7) is 4.21. The van der Waals surface area contributed by atoms with Crippen molar-refractivity contribution in [3.8, 4) is 5.75 Å². The number of aliphatic hydroxyl groups is 1. The molecule has 0 aromatic heterocycles. The topological polar surface area (TPSA) is 66.5 Å². The van der Waals surface area contributed by atoms with Crippen LogP contribution in [-0.4, -0.2) is 16.3 Å². The molecule has 1 aromatic carbocycles. The van der Waals surface area contributed by atoms with Gasteiger partial charge in [0.05, 0.1) is 16.6 Å². The first-order valence-corrected chi connectivity index (χ1v) is 6.63. The van der Waals surface area contributed by atoms with Gasteiger partial charge in [-0.25, -0.2) is 0 Å². The third-order valence-electron chi connectivity index (χ3n) is 2.83. The lowest BCUT2D eigenvalue weighted by Gasteiger charge is -2.21. The van der Waals surface area contributed by atoms with Gasteiger partial charge in [0.25, 0.3) is 0 Å². The van der Waals surface area contributed by atoms with Crippen LogP contribution in [-0.2, 0) is 0 Å². The van der Waals surface area contributed by atoms with E-state index in [2.05, 4.69) is 29.8 Å². The molecule has 3 nitrogen and oxygen atoms in total. The van der Waals surface area contributed by atoms with Gasteiger partial charge in [-0.1, -0.05) is 26.0 Å². The zero-order valence-electron chi connectivity index (χ0n) is 10.2. The second kappa shape index (κ2) is 6.38. The number of hydrogen-bond donors (Lipinski definition) is 3. The fourth-order valence-corrected chi connectivity index (χ4v) is 2.07. The van der Waals surface area contributed by atoms with Crippen LogP contribution in [0.3, 0.4) is 0 Å². The van der Waals surface area contributed by atoms with Crippen molar-refractivity contribution >= 4 is 15.9 Å². The fraction of sp³-hybridized carbons (Fsp3) is 0.538. The van der Waals surface area contributed by atoms with E-state index < -0.39 is 12.1 Å². The van der Waals surface area contributed by atoms with Crippen molar-refractivity contribution in [3.63, 3.8) is 0 Å². The summed E-state index contributed by atoms with van der Waals surface area (Å²) >= 11 is 3.24. The Morgan fingerprint density at radius 3 is 2.53 bits per heavy atom. The minimum absolute atomic E-state index is 0.114. The largest absolute Gasteiger partial charge is 0.506 e. The van der Waals surface area contributed by atoms with E-state index in [0.717, 1.165) is 6.42 Å². The maximum absolute atomic E-state index is 9.98. The summed E-state index contributed by atoms with van der Waals surface area (Å²) in [6, 6.07) is 4.73. The van der Waals surface area contributed by atoms with Crippen LogP contribution in [0.1, 0.15) is 38.3 Å². The van der Waals surface area contributed by atoms with Gasteiger partial charge in [-0.3, -0.25) is 0 Å². The van der Waals surface area contributed by atoms with Gasteiger partial charge in [0, 0.05) is 5.56 Å². The van der Waals surface area contributed by atoms with Gasteiger partial charge in [-0.2, -0.15) is 0 Å². The number of hydrogen-bond acceptors (Lipinski definition) is 3. The van der Waals surface area contributed by atoms with E-state index in [1.54, 1.807) is 18.2 Å². The zero-order chi connectivity index (χ0) is 13.0. The first-order chi connectivity index (χ1) is 7.93. The lowest BCUT2D eigenvalue weighted by Crippen LogP contribution is -2.26. The molecule has 0 spiro atoms. The molecular formula is C13H20BrNO2. The van der Waals surface area contributed by atoms with Crippen molar-refractivity contribution in [2.24, 2.45) is 11.7 Å². The van der Waals surface area contributed by atoms with Crippen LogP contribution in [0.15, 0.2) is 22.7 Å². The predicted molar refractivity (Wildman–Crippen MR) is 72.8 cm³/mol. The van der Waals surface area contributed by atoms with Crippen molar-refractivity contribution in [3.05, 3.63) is 28.2 Å². The summed E-state index contributed by atoms with van der Waals surface area (Å²) in [4.78, 5) is 0. The molecule has 0 bridgehead atoms. The van der Waals surface area contributed by atoms with Gasteiger partial charge >= 0.3 is 0 Å². The van der Waals surface area contributed by atoms with Gasteiger partial charge in [0.2, 0.25) is 0 Å². The Labute approximate surface area is 111 Å². The standard InChI is InChI=1S/C13H20BrNO2/c1-8(2)6-7-11(16)12(15)9-4-3-5-10(14)13(9)17/h3-5,8,11-12,16-17H,6-7,15H2,1-2H3/t11-,12+/m0/s1. The van der Waals surface area contributed by atoms with Gasteiger partial charge in [-0.05, 0) is 40.8 Å². The minimum Gasteiger partial charge on any atom is -0.506 e. The Morgan fingerprint density at radius 2 is 1.94 bits per heavy atom. The highest BCUT2D eigenvalue weighted by atomic mass is 79.9. The van der Waals surface area contributed by atoms with Crippen LogP contribution in [0.2, 0.25) is 0 Å². The van der Waals surface area contributed by atoms with Crippen molar-refractivity contribution in [1.82, 2.24) is 0 Å². The molecule has 96 valence electrons. The van der Waals surface area contributed by atoms with E-state index in [0.29, 0.717) is 22.4 Å². The molecule has 0 aliphatic rings. The molecule has 0 fully saturated rings. The molecule has 1 aromatic rings. The molecular weight excluding hydrogens is 282 g/mol. The molecule has 17 heavy (non-hydrogen) atoms. The van der Waals surface area contributed by atoms with Crippen LogP contribution in [0.5, 0.6) is 5.75 Å². The van der Waals surface area contributed by atoms with Gasteiger partial charge < -0.3 is 15.9 Å². The molecule has 0 heterocycles. The smallest absolute Gasteiger partial charge is 0.134 e. The molecule has 4 N–H and O–H groups in total. The number of aliphatic hydroxyl groups excluding tert-OH is 1. The number of phenolic OH excluding ortho intramolecular Hbond substituents is 1. The SMILES string of the molecule is CC(C)CC[C@H](O)[C@H](N)c1cccc(Br)c1O. The van der Waals surface area contributed by atoms with E-state index >= 15 is 0 Å². The molecule has 0 saturated carbocycles. The number of aromatic hydroxyl groups is 1. The fourth-order valence-electron chi connectivity index (χ4n) is 1.69. The van der Waals surface area contributed by atoms with E-state index in [9.17, 15) is 10.2 Å². The van der Waals surface area contributed by atoms with Crippen molar-refractivity contribution in [1.29, 1.82) is 0 Å². The molecule has 0 aliphatic carbocycles. The summed E-state index contributed by atoms with van der Waals surface area (Å²) < 4.78 is 0.599. The summed E-state index contributed by atoms with van der Waals surface area (Å²) in [6.07, 6.45) is 0.937. The molecule has 0 saturated heterocycles. The third-order valence-corrected chi connectivity index (χ3v) is 3.47. The zero-order valence-corrected chi connectivity index (χ0v) is 11.8. The van der Waals surface area contributed by atoms with Gasteiger partial charge in [0.1, 0.15) is 5.75 Å². The third kappa shape index (κ3) is 3.98. The molecule has 0 radical (unpaired) electrons. The van der Waals surface area contributed by atoms with Crippen LogP contribution in [0.25, 0.3) is 0 Å². The number of nitrogens with two attached hydrogens (primary N) is 1. The first-order valence-electron chi connectivity index (χ1n) is 5.84. The van der Waals surface area contributed by atoms with E-state index in [-0.39, 0.29) is 5.75 Å². The lowest BCUT2D eigenvalue weighted by molar-refractivity contribution is 0.127. The maximum atomic E-state index is 9.98. The number of halogens is 1. The van der Waals surface area contributed by atoms with Crippen LogP contribution in [0, 0.1) is 5.92 Å². The van der Waals surface area contributed by atoms with E-state index in [1.807, 2.05) is 0 Å². The highest BCUT2D eigenvalue weighted by Gasteiger charge is 2.20. The van der Waals surface area contributed by atoms with E-state index in [4.69, 9.17) is 5.73 Å². The molecule has 2 atom stereocenters. The number of phenols is 1. The van der Waals surface area contributed by atoms with Crippen LogP contribution in [0.4, 0.5) is 0 Å². The normalized spacial score (nSPS) is 14.9. The lowest BCUT2D eigenvalue weighted by atomic mass is 9.95. The molecule has 0 amide bonds. The highest BCUT2D eigenvalue weighted by Crippen LogP contribution is 2.32. The predicted octanol–water partition coefficient (Wildman–Crippen LogP) is 2.95. The Morgan fingerprint density at radius 1 is 1.29 bits per heavy atom. The van der Waals surface area contributed by atoms with Crippen LogP contribution < -0.4 is 5.73 Å². The summed E-state index contributed by atoms with van der Waals surface area (Å²) in [5, 5.41) is 19.8. The summed E-state index contributed by atoms with van der Waals surface area (Å²) in [5.41, 5.74) is 6.54. The number of rotatable bonds is 5. The second-order valence-electron chi connectivity index (χ2n) is 4.74. The second-order valence-corrected chi connectivity index (χ2v) is 5.60. The van der Waals surface area contributed by atoms with Gasteiger partial charge in [0.15, 0.2) is 0 Å². The van der Waals surface area contributed by atoms with Crippen molar-refractivity contribution < 1.29 is 10.2 Å². The van der Waals surface area contributed by atoms with Crippen molar-refractivity contribution in [2.45, 2.75) is 38.8 Å². The Hall–Kier alpha value is -0.580. The number of benzene rings is 1. The van der Waals surface area contributed by atoms with Gasteiger partial charge in [-0.15, -0.1) is 0 Å². The summed E-state index contributed by atoms with van der Waals surface area (Å²) in [5.74, 6) is 0.650. The average molecular weight is 302 g/mol. The Balaban J connectivity index is 2.74. The molecule has 0 aliphatic heterocycles. The quantitative estimate of drug-likeness (QED) is 0.783. The maximum Gasteiger partial charge on any atom is 0.134 e. The van der Waals surface area contributed by atoms with Crippen molar-refractivity contribution in [2.75, 3.05) is 0 Å². The minimum atomic E-state index is -0.627. The average Bonchev–Trinajstić information content (AvgIpc) is 2.28. The highest BCUT2D eigenvalue weighted by molar-refractivity contribution is 9.10. The Bertz CT molecular complexity index is 368. The van der Waals surface area contributed by atoms with E-state index in [1.165, 1.54) is 0 Å². The first kappa shape index (κ1) is 14.5. The molecule has 4 heteroatoms. The number of para-hydroxylation sites is 1. The van der Waals surface area contributed by atoms with Crippen LogP contribution >= 0.6 is 15.9 Å². The Kier molecular flexibility index (Phi) is 5.43. The monoisotopic (exact) mass is 301 g/mol. The molecule has 0 unspecified atom stereocenters. The molecule has 1 rings (SSSR count).